The number of benzene rings is 1. The van der Waals surface area contributed by atoms with Crippen molar-refractivity contribution < 1.29 is 18.7 Å². The number of aromatic nitrogens is 6. The van der Waals surface area contributed by atoms with Crippen LogP contribution < -0.4 is 10.4 Å². The average Bonchev–Trinajstić information content (AvgIpc) is 3.46. The second-order valence-electron chi connectivity index (χ2n) is 9.54. The lowest BCUT2D eigenvalue weighted by atomic mass is 9.87. The molecule has 0 saturated heterocycles. The van der Waals surface area contributed by atoms with Gasteiger partial charge in [-0.3, -0.25) is 4.79 Å². The molecule has 2 atom stereocenters. The van der Waals surface area contributed by atoms with Crippen LogP contribution in [0.15, 0.2) is 46.9 Å². The average molecular weight is 518 g/mol. The Hall–Kier alpha value is -4.28. The predicted molar refractivity (Wildman–Crippen MR) is 136 cm³/mol. The standard InChI is InChI=1S/C27H31N7O4/c1-17-23(37-20-11-7-10-19(15-20)26(35)36-3)13-12-21(29-17)25-22(33(2)32-30-25)16-34-27(28)38-24(31-34)14-18-8-5-4-6-9-18/h4-6,8-9,12-13,19-20,28H,7,10-11,14-16H2,1-3H3/t19-,20-/m0/s1. The van der Waals surface area contributed by atoms with Crippen molar-refractivity contribution in [1.82, 2.24) is 29.8 Å². The number of nitrogens with zero attached hydrogens (tertiary/aromatic N) is 6. The summed E-state index contributed by atoms with van der Waals surface area (Å²) in [6, 6.07) is 13.6. The third-order valence-corrected chi connectivity index (χ3v) is 6.86. The summed E-state index contributed by atoms with van der Waals surface area (Å²) in [5.74, 6) is 0.842. The maximum absolute atomic E-state index is 12.0. The first-order chi connectivity index (χ1) is 18.4. The Kier molecular flexibility index (Phi) is 7.34. The Morgan fingerprint density at radius 3 is 2.76 bits per heavy atom. The van der Waals surface area contributed by atoms with Crippen LogP contribution in [0.1, 0.15) is 48.5 Å². The quantitative estimate of drug-likeness (QED) is 0.352. The van der Waals surface area contributed by atoms with E-state index < -0.39 is 0 Å². The Bertz CT molecular complexity index is 1470. The van der Waals surface area contributed by atoms with Crippen molar-refractivity contribution in [3.63, 3.8) is 0 Å². The molecule has 1 aliphatic rings. The van der Waals surface area contributed by atoms with Gasteiger partial charge in [0.1, 0.15) is 11.4 Å². The molecule has 0 bridgehead atoms. The highest BCUT2D eigenvalue weighted by Gasteiger charge is 2.29. The zero-order chi connectivity index (χ0) is 26.6. The van der Waals surface area contributed by atoms with Crippen molar-refractivity contribution in [2.75, 3.05) is 7.11 Å². The molecule has 0 amide bonds. The highest BCUT2D eigenvalue weighted by atomic mass is 16.5. The van der Waals surface area contributed by atoms with Gasteiger partial charge in [0.2, 0.25) is 5.89 Å². The maximum Gasteiger partial charge on any atom is 0.312 e. The minimum atomic E-state index is -0.174. The van der Waals surface area contributed by atoms with Crippen molar-refractivity contribution in [3.8, 4) is 17.1 Å². The number of nitrogens with one attached hydrogen (secondary N) is 1. The number of carbonyl (C=O) groups is 1. The van der Waals surface area contributed by atoms with E-state index in [2.05, 4.69) is 15.4 Å². The molecular formula is C27H31N7O4. The highest BCUT2D eigenvalue weighted by molar-refractivity contribution is 5.72. The van der Waals surface area contributed by atoms with Gasteiger partial charge in [-0.15, -0.1) is 10.2 Å². The molecule has 11 nitrogen and oxygen atoms in total. The highest BCUT2D eigenvalue weighted by Crippen LogP contribution is 2.31. The van der Waals surface area contributed by atoms with Gasteiger partial charge in [0.25, 0.3) is 0 Å². The number of rotatable bonds is 8. The van der Waals surface area contributed by atoms with Gasteiger partial charge in [0.05, 0.1) is 49.2 Å². The summed E-state index contributed by atoms with van der Waals surface area (Å²) in [4.78, 5) is 16.7. The topological polar surface area (TPSA) is 134 Å². The number of ether oxygens (including phenoxy) is 2. The van der Waals surface area contributed by atoms with Crippen LogP contribution in [0.3, 0.4) is 0 Å². The van der Waals surface area contributed by atoms with Crippen molar-refractivity contribution in [2.24, 2.45) is 13.0 Å². The Morgan fingerprint density at radius 1 is 1.18 bits per heavy atom. The van der Waals surface area contributed by atoms with Gasteiger partial charge >= 0.3 is 11.7 Å². The zero-order valence-corrected chi connectivity index (χ0v) is 21.8. The fraction of sp³-hybridized carbons (Fsp3) is 0.407. The van der Waals surface area contributed by atoms with E-state index in [1.165, 1.54) is 11.8 Å². The number of esters is 1. The summed E-state index contributed by atoms with van der Waals surface area (Å²) in [7, 11) is 3.22. The fourth-order valence-electron chi connectivity index (χ4n) is 4.83. The lowest BCUT2D eigenvalue weighted by Crippen LogP contribution is -2.30. The first-order valence-corrected chi connectivity index (χ1v) is 12.7. The summed E-state index contributed by atoms with van der Waals surface area (Å²) in [6.07, 6.45) is 3.71. The SMILES string of the molecule is COC(=O)[C@H]1CCC[C@H](Oc2ccc(-c3nnn(C)c3Cn3nc(Cc4ccccc4)oc3=N)nc2C)C1. The molecule has 1 saturated carbocycles. The lowest BCUT2D eigenvalue weighted by Gasteiger charge is -2.28. The predicted octanol–water partition coefficient (Wildman–Crippen LogP) is 3.20. The molecule has 0 radical (unpaired) electrons. The molecule has 5 rings (SSSR count). The monoisotopic (exact) mass is 517 g/mol. The molecule has 0 aliphatic heterocycles. The second-order valence-corrected chi connectivity index (χ2v) is 9.54. The van der Waals surface area contributed by atoms with E-state index in [-0.39, 0.29) is 30.2 Å². The van der Waals surface area contributed by atoms with Crippen LogP contribution in [-0.4, -0.2) is 48.9 Å². The lowest BCUT2D eigenvalue weighted by molar-refractivity contribution is -0.147. The third-order valence-electron chi connectivity index (χ3n) is 6.86. The van der Waals surface area contributed by atoms with E-state index >= 15 is 0 Å². The first-order valence-electron chi connectivity index (χ1n) is 12.7. The van der Waals surface area contributed by atoms with Gasteiger partial charge in [-0.2, -0.15) is 0 Å². The van der Waals surface area contributed by atoms with Gasteiger partial charge < -0.3 is 13.9 Å². The van der Waals surface area contributed by atoms with Crippen LogP contribution >= 0.6 is 0 Å². The van der Waals surface area contributed by atoms with Crippen LogP contribution in [0, 0.1) is 18.3 Å². The number of pyridine rings is 1. The molecule has 11 heteroatoms. The minimum absolute atomic E-state index is 0.0475. The summed E-state index contributed by atoms with van der Waals surface area (Å²) < 4.78 is 19.9. The van der Waals surface area contributed by atoms with Crippen LogP contribution in [0.5, 0.6) is 5.75 Å². The second kappa shape index (κ2) is 11.0. The molecule has 1 fully saturated rings. The first kappa shape index (κ1) is 25.4. The largest absolute Gasteiger partial charge is 0.489 e. The van der Waals surface area contributed by atoms with Crippen molar-refractivity contribution >= 4 is 5.97 Å². The van der Waals surface area contributed by atoms with E-state index in [0.717, 1.165) is 36.2 Å². The zero-order valence-electron chi connectivity index (χ0n) is 21.8. The number of hydrogen-bond acceptors (Lipinski definition) is 9. The van der Waals surface area contributed by atoms with Gasteiger partial charge in [-0.25, -0.2) is 19.8 Å². The summed E-state index contributed by atoms with van der Waals surface area (Å²) in [5.41, 5.74) is 3.73. The summed E-state index contributed by atoms with van der Waals surface area (Å²) >= 11 is 0. The minimum Gasteiger partial charge on any atom is -0.489 e. The van der Waals surface area contributed by atoms with E-state index in [1.54, 1.807) is 11.7 Å². The van der Waals surface area contributed by atoms with Gasteiger partial charge in [0.15, 0.2) is 0 Å². The summed E-state index contributed by atoms with van der Waals surface area (Å²) in [5, 5.41) is 21.3. The normalized spacial score (nSPS) is 17.3. The molecule has 0 spiro atoms. The van der Waals surface area contributed by atoms with Crippen LogP contribution in [0.2, 0.25) is 0 Å². The van der Waals surface area contributed by atoms with Crippen molar-refractivity contribution in [3.05, 3.63) is 71.0 Å². The van der Waals surface area contributed by atoms with Crippen LogP contribution in [0.4, 0.5) is 0 Å². The molecule has 0 unspecified atom stereocenters. The Morgan fingerprint density at radius 2 is 2.00 bits per heavy atom. The number of carbonyl (C=O) groups excluding carboxylic acids is 1. The number of methoxy groups -OCH3 is 1. The maximum atomic E-state index is 12.0. The molecule has 1 N–H and O–H groups in total. The van der Waals surface area contributed by atoms with Crippen LogP contribution in [-0.2, 0) is 29.5 Å². The van der Waals surface area contributed by atoms with Gasteiger partial charge in [-0.1, -0.05) is 35.5 Å². The molecular weight excluding hydrogens is 486 g/mol. The van der Waals surface area contributed by atoms with E-state index in [0.29, 0.717) is 35.9 Å². The number of hydrogen-bond donors (Lipinski definition) is 1. The molecule has 3 aromatic heterocycles. The fourth-order valence-corrected chi connectivity index (χ4v) is 4.83. The molecule has 3 heterocycles. The third kappa shape index (κ3) is 5.51. The molecule has 1 aliphatic carbocycles. The van der Waals surface area contributed by atoms with Gasteiger partial charge in [0, 0.05) is 7.05 Å². The van der Waals surface area contributed by atoms with E-state index in [4.69, 9.17) is 24.3 Å². The Balaban J connectivity index is 1.32. The van der Waals surface area contributed by atoms with Crippen LogP contribution in [0.25, 0.3) is 11.4 Å². The van der Waals surface area contributed by atoms with Crippen molar-refractivity contribution in [2.45, 2.75) is 51.7 Å². The van der Waals surface area contributed by atoms with Crippen molar-refractivity contribution in [1.29, 1.82) is 5.41 Å². The van der Waals surface area contributed by atoms with E-state index in [9.17, 15) is 4.79 Å². The Labute approximate surface area is 219 Å². The number of aryl methyl sites for hydroxylation is 2. The molecule has 4 aromatic rings. The molecule has 1 aromatic carbocycles. The smallest absolute Gasteiger partial charge is 0.312 e. The van der Waals surface area contributed by atoms with Gasteiger partial charge in [-0.05, 0) is 50.3 Å². The summed E-state index contributed by atoms with van der Waals surface area (Å²) in [6.45, 7) is 2.14. The molecule has 198 valence electrons. The molecule has 38 heavy (non-hydrogen) atoms. The van der Waals surface area contributed by atoms with E-state index in [1.807, 2.05) is 49.4 Å².